The maximum atomic E-state index is 12.7. The van der Waals surface area contributed by atoms with Crippen LogP contribution in [0.1, 0.15) is 41.8 Å². The van der Waals surface area contributed by atoms with Gasteiger partial charge in [0.15, 0.2) is 12.4 Å². The summed E-state index contributed by atoms with van der Waals surface area (Å²) in [5.74, 6) is -1.64. The number of esters is 1. The number of hydrazine groups is 1. The van der Waals surface area contributed by atoms with Crippen LogP contribution >= 0.6 is 11.6 Å². The minimum atomic E-state index is -0.762. The average molecular weight is 391 g/mol. The maximum absolute atomic E-state index is 12.7. The fraction of sp³-hybridized carbons (Fsp3) is 0.316. The van der Waals surface area contributed by atoms with E-state index in [1.807, 2.05) is 12.1 Å². The summed E-state index contributed by atoms with van der Waals surface area (Å²) in [6.07, 6.45) is 4.47. The van der Waals surface area contributed by atoms with Crippen LogP contribution < -0.4 is 10.9 Å². The zero-order chi connectivity index (χ0) is 19.3. The van der Waals surface area contributed by atoms with Crippen LogP contribution in [0.3, 0.4) is 0 Å². The Balaban J connectivity index is 1.56. The Morgan fingerprint density at radius 1 is 1.07 bits per heavy atom. The van der Waals surface area contributed by atoms with E-state index < -0.39 is 29.8 Å². The monoisotopic (exact) mass is 390 g/mol. The highest BCUT2D eigenvalue weighted by atomic mass is 35.5. The number of nitrogens with one attached hydrogen (secondary N) is 2. The predicted molar refractivity (Wildman–Crippen MR) is 96.9 cm³/mol. The van der Waals surface area contributed by atoms with Crippen LogP contribution in [-0.2, 0) is 19.7 Å². The van der Waals surface area contributed by atoms with Gasteiger partial charge in [-0.15, -0.1) is 0 Å². The molecule has 1 fully saturated rings. The number of amides is 2. The molecule has 1 aromatic carbocycles. The van der Waals surface area contributed by atoms with Gasteiger partial charge < -0.3 is 9.15 Å². The largest absolute Gasteiger partial charge is 0.459 e. The highest BCUT2D eigenvalue weighted by molar-refractivity contribution is 6.30. The van der Waals surface area contributed by atoms with Crippen LogP contribution in [0.2, 0.25) is 5.02 Å². The molecular weight excluding hydrogens is 372 g/mol. The van der Waals surface area contributed by atoms with E-state index in [4.69, 9.17) is 20.8 Å². The summed E-state index contributed by atoms with van der Waals surface area (Å²) in [6, 6.07) is 10.1. The molecule has 0 bridgehead atoms. The standard InChI is InChI=1S/C19H19ClN2O5/c20-14-7-5-13(6-8-14)19(9-1-2-10-19)18(25)27-12-16(23)21-22-17(24)15-4-3-11-26-15/h3-8,11H,1-2,9-10,12H2,(H,21,23)(H,22,24). The van der Waals surface area contributed by atoms with Gasteiger partial charge in [0.25, 0.3) is 5.91 Å². The Bertz CT molecular complexity index is 811. The molecule has 0 saturated heterocycles. The molecule has 27 heavy (non-hydrogen) atoms. The summed E-state index contributed by atoms with van der Waals surface area (Å²) in [7, 11) is 0. The van der Waals surface area contributed by atoms with Crippen LogP contribution in [0.15, 0.2) is 47.1 Å². The molecule has 0 aliphatic heterocycles. The van der Waals surface area contributed by atoms with Crippen LogP contribution in [0.4, 0.5) is 0 Å². The van der Waals surface area contributed by atoms with Crippen molar-refractivity contribution in [2.24, 2.45) is 0 Å². The van der Waals surface area contributed by atoms with Crippen LogP contribution in [0.25, 0.3) is 0 Å². The van der Waals surface area contributed by atoms with E-state index in [1.165, 1.54) is 12.3 Å². The second kappa shape index (κ2) is 8.26. The summed E-state index contributed by atoms with van der Waals surface area (Å²) in [4.78, 5) is 36.3. The van der Waals surface area contributed by atoms with E-state index in [0.29, 0.717) is 17.9 Å². The number of ether oxygens (including phenoxy) is 1. The average Bonchev–Trinajstić information content (AvgIpc) is 3.37. The summed E-state index contributed by atoms with van der Waals surface area (Å²) in [5, 5.41) is 0.590. The molecule has 1 heterocycles. The second-order valence-corrected chi connectivity index (χ2v) is 6.79. The molecule has 8 heteroatoms. The first kappa shape index (κ1) is 19.0. The molecule has 1 aliphatic rings. The summed E-state index contributed by atoms with van der Waals surface area (Å²) < 4.78 is 10.1. The van der Waals surface area contributed by atoms with Crippen molar-refractivity contribution in [3.8, 4) is 0 Å². The molecule has 142 valence electrons. The van der Waals surface area contributed by atoms with Gasteiger partial charge in [-0.2, -0.15) is 0 Å². The maximum Gasteiger partial charge on any atom is 0.317 e. The third kappa shape index (κ3) is 4.31. The molecular formula is C19H19ClN2O5. The first-order chi connectivity index (χ1) is 13.0. The minimum Gasteiger partial charge on any atom is -0.459 e. The van der Waals surface area contributed by atoms with Crippen molar-refractivity contribution in [3.05, 3.63) is 59.0 Å². The van der Waals surface area contributed by atoms with Gasteiger partial charge in [0.05, 0.1) is 11.7 Å². The molecule has 1 saturated carbocycles. The normalized spacial score (nSPS) is 15.1. The summed E-state index contributed by atoms with van der Waals surface area (Å²) in [5.41, 5.74) is 4.44. The van der Waals surface area contributed by atoms with Crippen molar-refractivity contribution < 1.29 is 23.5 Å². The van der Waals surface area contributed by atoms with E-state index in [2.05, 4.69) is 10.9 Å². The molecule has 1 aromatic heterocycles. The predicted octanol–water partition coefficient (Wildman–Crippen LogP) is 2.75. The smallest absolute Gasteiger partial charge is 0.317 e. The fourth-order valence-electron chi connectivity index (χ4n) is 3.26. The van der Waals surface area contributed by atoms with Gasteiger partial charge in [0.2, 0.25) is 0 Å². The van der Waals surface area contributed by atoms with Gasteiger partial charge >= 0.3 is 11.9 Å². The highest BCUT2D eigenvalue weighted by Crippen LogP contribution is 2.42. The van der Waals surface area contributed by atoms with E-state index >= 15 is 0 Å². The van der Waals surface area contributed by atoms with Crippen LogP contribution in [-0.4, -0.2) is 24.4 Å². The Morgan fingerprint density at radius 2 is 1.78 bits per heavy atom. The first-order valence-electron chi connectivity index (χ1n) is 8.57. The molecule has 0 spiro atoms. The zero-order valence-electron chi connectivity index (χ0n) is 14.5. The minimum absolute atomic E-state index is 0.0555. The van der Waals surface area contributed by atoms with E-state index in [0.717, 1.165) is 18.4 Å². The number of hydrogen-bond donors (Lipinski definition) is 2. The lowest BCUT2D eigenvalue weighted by molar-refractivity contribution is -0.154. The van der Waals surface area contributed by atoms with Gasteiger partial charge in [0, 0.05) is 5.02 Å². The van der Waals surface area contributed by atoms with Gasteiger partial charge in [-0.05, 0) is 42.7 Å². The van der Waals surface area contributed by atoms with Crippen molar-refractivity contribution in [2.45, 2.75) is 31.1 Å². The number of furan rings is 1. The van der Waals surface area contributed by atoms with Crippen molar-refractivity contribution in [3.63, 3.8) is 0 Å². The Kier molecular flexibility index (Phi) is 5.81. The topological polar surface area (TPSA) is 97.6 Å². The number of carbonyl (C=O) groups is 3. The summed E-state index contributed by atoms with van der Waals surface area (Å²) in [6.45, 7) is -0.493. The lowest BCUT2D eigenvalue weighted by Gasteiger charge is -2.27. The van der Waals surface area contributed by atoms with Crippen molar-refractivity contribution in [2.75, 3.05) is 6.61 Å². The quantitative estimate of drug-likeness (QED) is 0.604. The Labute approximate surface area is 161 Å². The molecule has 7 nitrogen and oxygen atoms in total. The van der Waals surface area contributed by atoms with Gasteiger partial charge in [-0.3, -0.25) is 25.2 Å². The summed E-state index contributed by atoms with van der Waals surface area (Å²) >= 11 is 5.93. The third-order valence-electron chi connectivity index (χ3n) is 4.64. The molecule has 2 aromatic rings. The Hall–Kier alpha value is -2.80. The Morgan fingerprint density at radius 3 is 2.41 bits per heavy atom. The number of benzene rings is 1. The lowest BCUT2D eigenvalue weighted by atomic mass is 9.79. The molecule has 0 radical (unpaired) electrons. The number of rotatable bonds is 5. The van der Waals surface area contributed by atoms with E-state index in [1.54, 1.807) is 18.2 Å². The van der Waals surface area contributed by atoms with Crippen molar-refractivity contribution in [1.29, 1.82) is 0 Å². The van der Waals surface area contributed by atoms with Crippen LogP contribution in [0, 0.1) is 0 Å². The highest BCUT2D eigenvalue weighted by Gasteiger charge is 2.44. The van der Waals surface area contributed by atoms with Crippen LogP contribution in [0.5, 0.6) is 0 Å². The second-order valence-electron chi connectivity index (χ2n) is 6.35. The van der Waals surface area contributed by atoms with Crippen molar-refractivity contribution in [1.82, 2.24) is 10.9 Å². The molecule has 2 amide bonds. The molecule has 1 aliphatic carbocycles. The van der Waals surface area contributed by atoms with Gasteiger partial charge in [0.1, 0.15) is 0 Å². The SMILES string of the molecule is O=C(COC(=O)C1(c2ccc(Cl)cc2)CCCC1)NNC(=O)c1ccco1. The zero-order valence-corrected chi connectivity index (χ0v) is 15.3. The molecule has 2 N–H and O–H groups in total. The van der Waals surface area contributed by atoms with Gasteiger partial charge in [-0.1, -0.05) is 36.6 Å². The fourth-order valence-corrected chi connectivity index (χ4v) is 3.39. The third-order valence-corrected chi connectivity index (χ3v) is 4.89. The van der Waals surface area contributed by atoms with E-state index in [9.17, 15) is 14.4 Å². The van der Waals surface area contributed by atoms with Gasteiger partial charge in [-0.25, -0.2) is 0 Å². The lowest BCUT2D eigenvalue weighted by Crippen LogP contribution is -2.44. The number of halogens is 1. The van der Waals surface area contributed by atoms with E-state index in [-0.39, 0.29) is 5.76 Å². The number of hydrogen-bond acceptors (Lipinski definition) is 5. The molecule has 0 atom stereocenters. The molecule has 3 rings (SSSR count). The first-order valence-corrected chi connectivity index (χ1v) is 8.95. The number of carbonyl (C=O) groups excluding carboxylic acids is 3. The van der Waals surface area contributed by atoms with Crippen molar-refractivity contribution >= 4 is 29.4 Å². The molecule has 0 unspecified atom stereocenters.